The number of halogens is 4. The van der Waals surface area contributed by atoms with E-state index in [1.165, 1.54) is 17.5 Å². The maximum Gasteiger partial charge on any atom is 0.410 e. The molecule has 0 aliphatic rings. The first-order valence-corrected chi connectivity index (χ1v) is 6.21. The van der Waals surface area contributed by atoms with Crippen molar-refractivity contribution in [2.24, 2.45) is 0 Å². The Morgan fingerprint density at radius 2 is 2.18 bits per heavy atom. The number of thiophene rings is 1. The van der Waals surface area contributed by atoms with Crippen LogP contribution < -0.4 is 5.56 Å². The van der Waals surface area contributed by atoms with E-state index in [1.807, 2.05) is 0 Å². The SMILES string of the molecule is CC(n1ncc2scc(Br)c2c1=O)C(F)(F)F. The molecule has 17 heavy (non-hydrogen) atoms. The van der Waals surface area contributed by atoms with Crippen LogP contribution in [0.3, 0.4) is 0 Å². The van der Waals surface area contributed by atoms with Crippen molar-refractivity contribution in [1.82, 2.24) is 9.78 Å². The minimum atomic E-state index is -4.49. The summed E-state index contributed by atoms with van der Waals surface area (Å²) >= 11 is 4.39. The predicted molar refractivity (Wildman–Crippen MR) is 62.3 cm³/mol. The van der Waals surface area contributed by atoms with Crippen LogP contribution in [-0.2, 0) is 0 Å². The molecule has 0 aliphatic carbocycles. The molecule has 0 bridgehead atoms. The first kappa shape index (κ1) is 12.6. The van der Waals surface area contributed by atoms with Gasteiger partial charge in [0.05, 0.1) is 16.3 Å². The molecule has 1 unspecified atom stereocenters. The maximum atomic E-state index is 12.5. The second kappa shape index (κ2) is 4.09. The van der Waals surface area contributed by atoms with Crippen molar-refractivity contribution < 1.29 is 13.2 Å². The molecule has 0 radical (unpaired) electrons. The molecule has 2 aromatic heterocycles. The summed E-state index contributed by atoms with van der Waals surface area (Å²) in [6, 6.07) is -1.94. The van der Waals surface area contributed by atoms with E-state index < -0.39 is 17.8 Å². The number of rotatable bonds is 1. The number of hydrogen-bond acceptors (Lipinski definition) is 3. The minimum Gasteiger partial charge on any atom is -0.267 e. The van der Waals surface area contributed by atoms with Gasteiger partial charge in [0.1, 0.15) is 6.04 Å². The Kier molecular flexibility index (Phi) is 3.03. The second-order valence-electron chi connectivity index (χ2n) is 3.43. The first-order valence-electron chi connectivity index (χ1n) is 4.53. The van der Waals surface area contributed by atoms with Gasteiger partial charge < -0.3 is 0 Å². The van der Waals surface area contributed by atoms with Gasteiger partial charge in [-0.15, -0.1) is 11.3 Å². The zero-order valence-corrected chi connectivity index (χ0v) is 10.9. The highest BCUT2D eigenvalue weighted by Gasteiger charge is 2.39. The number of alkyl halides is 3. The van der Waals surface area contributed by atoms with Crippen LogP contribution in [0.2, 0.25) is 0 Å². The smallest absolute Gasteiger partial charge is 0.267 e. The van der Waals surface area contributed by atoms with Crippen LogP contribution in [0.4, 0.5) is 13.2 Å². The van der Waals surface area contributed by atoms with Crippen molar-refractivity contribution in [3.8, 4) is 0 Å². The topological polar surface area (TPSA) is 34.9 Å². The van der Waals surface area contributed by atoms with Crippen LogP contribution in [0.5, 0.6) is 0 Å². The van der Waals surface area contributed by atoms with Gasteiger partial charge in [0.15, 0.2) is 0 Å². The van der Waals surface area contributed by atoms with Crippen molar-refractivity contribution in [2.75, 3.05) is 0 Å². The zero-order valence-electron chi connectivity index (χ0n) is 8.45. The van der Waals surface area contributed by atoms with Crippen LogP contribution in [0, 0.1) is 0 Å². The Labute approximate surface area is 106 Å². The first-order chi connectivity index (χ1) is 7.82. The van der Waals surface area contributed by atoms with Crippen molar-refractivity contribution >= 4 is 37.4 Å². The molecule has 0 saturated carbocycles. The summed E-state index contributed by atoms with van der Waals surface area (Å²) in [6.07, 6.45) is -3.22. The highest BCUT2D eigenvalue weighted by atomic mass is 79.9. The third kappa shape index (κ3) is 2.11. The molecule has 0 fully saturated rings. The Hall–Kier alpha value is -0.890. The van der Waals surface area contributed by atoms with Gasteiger partial charge in [0, 0.05) is 9.85 Å². The van der Waals surface area contributed by atoms with Crippen LogP contribution >= 0.6 is 27.3 Å². The van der Waals surface area contributed by atoms with Crippen LogP contribution in [0.25, 0.3) is 10.1 Å². The van der Waals surface area contributed by atoms with Gasteiger partial charge in [-0.2, -0.15) is 18.3 Å². The second-order valence-corrected chi connectivity index (χ2v) is 5.20. The van der Waals surface area contributed by atoms with E-state index in [1.54, 1.807) is 5.38 Å². The van der Waals surface area contributed by atoms with Crippen molar-refractivity contribution in [3.63, 3.8) is 0 Å². The van der Waals surface area contributed by atoms with Crippen LogP contribution in [0.15, 0.2) is 20.8 Å². The van der Waals surface area contributed by atoms with Gasteiger partial charge in [-0.25, -0.2) is 4.68 Å². The number of nitrogens with zero attached hydrogens (tertiary/aromatic N) is 2. The van der Waals surface area contributed by atoms with Gasteiger partial charge in [0.2, 0.25) is 0 Å². The molecule has 2 heterocycles. The van der Waals surface area contributed by atoms with Crippen molar-refractivity contribution in [2.45, 2.75) is 19.1 Å². The summed E-state index contributed by atoms with van der Waals surface area (Å²) in [6.45, 7) is 0.903. The summed E-state index contributed by atoms with van der Waals surface area (Å²) in [5.41, 5.74) is -0.736. The molecule has 0 saturated heterocycles. The van der Waals surface area contributed by atoms with E-state index in [2.05, 4.69) is 21.0 Å². The molecule has 0 spiro atoms. The highest BCUT2D eigenvalue weighted by Crippen LogP contribution is 2.30. The predicted octanol–water partition coefficient (Wildman–Crippen LogP) is 3.34. The summed E-state index contributed by atoms with van der Waals surface area (Å²) in [4.78, 5) is 11.9. The monoisotopic (exact) mass is 326 g/mol. The lowest BCUT2D eigenvalue weighted by Crippen LogP contribution is -2.34. The Morgan fingerprint density at radius 1 is 1.53 bits per heavy atom. The van der Waals surface area contributed by atoms with E-state index in [-0.39, 0.29) is 5.39 Å². The quantitative estimate of drug-likeness (QED) is 0.805. The molecular weight excluding hydrogens is 321 g/mol. The summed E-state index contributed by atoms with van der Waals surface area (Å²) < 4.78 is 39.1. The maximum absolute atomic E-state index is 12.5. The van der Waals surface area contributed by atoms with Gasteiger partial charge >= 0.3 is 6.18 Å². The van der Waals surface area contributed by atoms with E-state index >= 15 is 0 Å². The molecular formula is C9H6BrF3N2OS. The standard InChI is InChI=1S/C9H6BrF3N2OS/c1-4(9(11,12)13)15-8(16)7-5(10)3-17-6(7)2-14-15/h2-4H,1H3. The fourth-order valence-corrected chi connectivity index (χ4v) is 2.92. The lowest BCUT2D eigenvalue weighted by atomic mass is 10.3. The average molecular weight is 327 g/mol. The highest BCUT2D eigenvalue weighted by molar-refractivity contribution is 9.10. The Morgan fingerprint density at radius 3 is 2.76 bits per heavy atom. The van der Waals surface area contributed by atoms with E-state index in [0.29, 0.717) is 13.9 Å². The van der Waals surface area contributed by atoms with E-state index in [0.717, 1.165) is 6.92 Å². The van der Waals surface area contributed by atoms with Gasteiger partial charge in [-0.05, 0) is 22.9 Å². The van der Waals surface area contributed by atoms with Crippen molar-refractivity contribution in [3.05, 3.63) is 26.4 Å². The molecule has 0 amide bonds. The fraction of sp³-hybridized carbons (Fsp3) is 0.333. The molecule has 0 aromatic carbocycles. The summed E-state index contributed by atoms with van der Waals surface area (Å²) in [7, 11) is 0. The largest absolute Gasteiger partial charge is 0.410 e. The Balaban J connectivity index is 2.68. The van der Waals surface area contributed by atoms with Crippen LogP contribution in [-0.4, -0.2) is 16.0 Å². The van der Waals surface area contributed by atoms with Gasteiger partial charge in [-0.3, -0.25) is 4.79 Å². The third-order valence-electron chi connectivity index (χ3n) is 2.34. The normalized spacial score (nSPS) is 14.2. The fourth-order valence-electron chi connectivity index (χ4n) is 1.35. The van der Waals surface area contributed by atoms with Gasteiger partial charge in [-0.1, -0.05) is 0 Å². The lowest BCUT2D eigenvalue weighted by Gasteiger charge is -2.16. The zero-order chi connectivity index (χ0) is 12.8. The van der Waals surface area contributed by atoms with Crippen LogP contribution in [0.1, 0.15) is 13.0 Å². The third-order valence-corrected chi connectivity index (χ3v) is 4.18. The molecule has 92 valence electrons. The molecule has 2 aromatic rings. The molecule has 8 heteroatoms. The molecule has 0 aliphatic heterocycles. The number of fused-ring (bicyclic) bond motifs is 1. The van der Waals surface area contributed by atoms with Gasteiger partial charge in [0.25, 0.3) is 5.56 Å². The molecule has 3 nitrogen and oxygen atoms in total. The molecule has 1 atom stereocenters. The summed E-state index contributed by atoms with van der Waals surface area (Å²) in [5, 5.41) is 5.45. The number of hydrogen-bond donors (Lipinski definition) is 0. The van der Waals surface area contributed by atoms with E-state index in [4.69, 9.17) is 0 Å². The molecule has 0 N–H and O–H groups in total. The molecule has 2 rings (SSSR count). The Bertz CT molecular complexity index is 619. The average Bonchev–Trinajstić information content (AvgIpc) is 2.59. The van der Waals surface area contributed by atoms with Crippen molar-refractivity contribution in [1.29, 1.82) is 0 Å². The lowest BCUT2D eigenvalue weighted by molar-refractivity contribution is -0.166. The van der Waals surface area contributed by atoms with E-state index in [9.17, 15) is 18.0 Å². The summed E-state index contributed by atoms with van der Waals surface area (Å²) in [5.74, 6) is 0. The number of aromatic nitrogens is 2. The minimum absolute atomic E-state index is 0.237.